The van der Waals surface area contributed by atoms with E-state index in [9.17, 15) is 18.8 Å². The number of H-pyrrole nitrogens is 1. The SMILES string of the molecule is CC(=O)c1c[nH]c(C(=O)O[C@H](C)C(=O)Nc2ccc(Br)cc2F)c1. The van der Waals surface area contributed by atoms with Crippen LogP contribution in [0.15, 0.2) is 34.9 Å². The minimum absolute atomic E-state index is 0.0233. The smallest absolute Gasteiger partial charge is 0.355 e. The van der Waals surface area contributed by atoms with Crippen LogP contribution in [-0.4, -0.2) is 28.7 Å². The van der Waals surface area contributed by atoms with Crippen LogP contribution < -0.4 is 5.32 Å². The lowest BCUT2D eigenvalue weighted by Gasteiger charge is -2.13. The van der Waals surface area contributed by atoms with Crippen molar-refractivity contribution >= 4 is 39.3 Å². The Morgan fingerprint density at radius 2 is 2.00 bits per heavy atom. The van der Waals surface area contributed by atoms with Gasteiger partial charge < -0.3 is 15.0 Å². The predicted octanol–water partition coefficient (Wildman–Crippen LogP) is 3.30. The molecule has 2 N–H and O–H groups in total. The van der Waals surface area contributed by atoms with E-state index in [4.69, 9.17) is 4.74 Å². The number of esters is 1. The highest BCUT2D eigenvalue weighted by atomic mass is 79.9. The number of aromatic amines is 1. The fourth-order valence-corrected chi connectivity index (χ4v) is 2.15. The number of ketones is 1. The molecule has 126 valence electrons. The van der Waals surface area contributed by atoms with Crippen LogP contribution in [0.2, 0.25) is 0 Å². The second kappa shape index (κ2) is 7.39. The normalized spacial score (nSPS) is 11.7. The van der Waals surface area contributed by atoms with E-state index >= 15 is 0 Å². The molecule has 6 nitrogen and oxygen atoms in total. The Morgan fingerprint density at radius 1 is 1.29 bits per heavy atom. The highest BCUT2D eigenvalue weighted by Crippen LogP contribution is 2.19. The molecular weight excluding hydrogens is 383 g/mol. The summed E-state index contributed by atoms with van der Waals surface area (Å²) < 4.78 is 19.2. The molecule has 1 aromatic heterocycles. The quantitative estimate of drug-likeness (QED) is 0.599. The third kappa shape index (κ3) is 4.29. The molecule has 24 heavy (non-hydrogen) atoms. The number of rotatable bonds is 5. The van der Waals surface area contributed by atoms with Crippen molar-refractivity contribution in [2.75, 3.05) is 5.32 Å². The summed E-state index contributed by atoms with van der Waals surface area (Å²) in [4.78, 5) is 37.7. The van der Waals surface area contributed by atoms with E-state index in [-0.39, 0.29) is 17.2 Å². The van der Waals surface area contributed by atoms with E-state index in [1.807, 2.05) is 0 Å². The van der Waals surface area contributed by atoms with Gasteiger partial charge in [0, 0.05) is 16.2 Å². The largest absolute Gasteiger partial charge is 0.448 e. The van der Waals surface area contributed by atoms with Gasteiger partial charge in [-0.2, -0.15) is 0 Å². The van der Waals surface area contributed by atoms with Crippen LogP contribution in [0.1, 0.15) is 34.7 Å². The van der Waals surface area contributed by atoms with Gasteiger partial charge >= 0.3 is 5.97 Å². The first-order chi connectivity index (χ1) is 11.3. The summed E-state index contributed by atoms with van der Waals surface area (Å²) in [7, 11) is 0. The van der Waals surface area contributed by atoms with Gasteiger partial charge in [-0.15, -0.1) is 0 Å². The zero-order valence-corrected chi connectivity index (χ0v) is 14.4. The molecule has 0 radical (unpaired) electrons. The number of benzene rings is 1. The molecule has 0 spiro atoms. The van der Waals surface area contributed by atoms with E-state index in [1.54, 1.807) is 6.07 Å². The average molecular weight is 397 g/mol. The molecule has 8 heteroatoms. The Bertz CT molecular complexity index is 803. The number of anilines is 1. The number of hydrogen-bond acceptors (Lipinski definition) is 4. The summed E-state index contributed by atoms with van der Waals surface area (Å²) in [6, 6.07) is 5.49. The van der Waals surface area contributed by atoms with Gasteiger partial charge in [0.15, 0.2) is 11.9 Å². The van der Waals surface area contributed by atoms with Crippen LogP contribution in [0.3, 0.4) is 0 Å². The van der Waals surface area contributed by atoms with Crippen LogP contribution in [0.5, 0.6) is 0 Å². The Hall–Kier alpha value is -2.48. The van der Waals surface area contributed by atoms with E-state index in [0.717, 1.165) is 0 Å². The number of carbonyl (C=O) groups excluding carboxylic acids is 3. The van der Waals surface area contributed by atoms with E-state index in [0.29, 0.717) is 10.0 Å². The van der Waals surface area contributed by atoms with Gasteiger partial charge in [-0.25, -0.2) is 9.18 Å². The van der Waals surface area contributed by atoms with Crippen molar-refractivity contribution in [1.82, 2.24) is 4.98 Å². The second-order valence-electron chi connectivity index (χ2n) is 5.02. The second-order valence-corrected chi connectivity index (χ2v) is 5.93. The predicted molar refractivity (Wildman–Crippen MR) is 88.4 cm³/mol. The summed E-state index contributed by atoms with van der Waals surface area (Å²) in [6.07, 6.45) is 0.227. The highest BCUT2D eigenvalue weighted by Gasteiger charge is 2.21. The van der Waals surface area contributed by atoms with Crippen molar-refractivity contribution in [2.45, 2.75) is 20.0 Å². The van der Waals surface area contributed by atoms with Gasteiger partial charge in [0.1, 0.15) is 11.5 Å². The van der Waals surface area contributed by atoms with Crippen LogP contribution in [-0.2, 0) is 9.53 Å². The molecule has 2 aromatic rings. The van der Waals surface area contributed by atoms with Crippen molar-refractivity contribution < 1.29 is 23.5 Å². The lowest BCUT2D eigenvalue weighted by Crippen LogP contribution is -2.30. The molecular formula is C16H14BrFN2O4. The fourth-order valence-electron chi connectivity index (χ4n) is 1.82. The van der Waals surface area contributed by atoms with Gasteiger partial charge in [0.25, 0.3) is 5.91 Å². The third-order valence-corrected chi connectivity index (χ3v) is 3.64. The molecule has 0 bridgehead atoms. The molecule has 0 saturated heterocycles. The number of halogens is 2. The number of ether oxygens (including phenoxy) is 1. The molecule has 0 unspecified atom stereocenters. The number of nitrogens with one attached hydrogen (secondary N) is 2. The molecule has 1 aromatic carbocycles. The maximum Gasteiger partial charge on any atom is 0.355 e. The summed E-state index contributed by atoms with van der Waals surface area (Å²) in [6.45, 7) is 2.72. The van der Waals surface area contributed by atoms with Gasteiger partial charge in [-0.05, 0) is 38.1 Å². The lowest BCUT2D eigenvalue weighted by atomic mass is 10.2. The van der Waals surface area contributed by atoms with E-state index < -0.39 is 23.8 Å². The number of hydrogen-bond donors (Lipinski definition) is 2. The summed E-state index contributed by atoms with van der Waals surface area (Å²) in [5.41, 5.74) is 0.357. The number of amides is 1. The molecule has 0 aliphatic heterocycles. The van der Waals surface area contributed by atoms with Crippen LogP contribution in [0, 0.1) is 5.82 Å². The zero-order chi connectivity index (χ0) is 17.9. The lowest BCUT2D eigenvalue weighted by molar-refractivity contribution is -0.123. The van der Waals surface area contributed by atoms with Gasteiger partial charge in [-0.1, -0.05) is 15.9 Å². The Kier molecular flexibility index (Phi) is 5.50. The Balaban J connectivity index is 2.00. The van der Waals surface area contributed by atoms with Crippen molar-refractivity contribution in [3.63, 3.8) is 0 Å². The number of Topliss-reactive ketones (excluding diaryl/α,β-unsaturated/α-hetero) is 1. The van der Waals surface area contributed by atoms with Crippen LogP contribution in [0.4, 0.5) is 10.1 Å². The first-order valence-electron chi connectivity index (χ1n) is 6.94. The molecule has 0 aliphatic carbocycles. The number of aromatic nitrogens is 1. The highest BCUT2D eigenvalue weighted by molar-refractivity contribution is 9.10. The van der Waals surface area contributed by atoms with Gasteiger partial charge in [0.2, 0.25) is 0 Å². The van der Waals surface area contributed by atoms with E-state index in [1.165, 1.54) is 38.2 Å². The van der Waals surface area contributed by atoms with Crippen molar-refractivity contribution in [3.05, 3.63) is 52.0 Å². The van der Waals surface area contributed by atoms with E-state index in [2.05, 4.69) is 26.2 Å². The van der Waals surface area contributed by atoms with Crippen LogP contribution >= 0.6 is 15.9 Å². The average Bonchev–Trinajstić information content (AvgIpc) is 3.00. The minimum Gasteiger partial charge on any atom is -0.448 e. The fraction of sp³-hybridized carbons (Fsp3) is 0.188. The van der Waals surface area contributed by atoms with Gasteiger partial charge in [0.05, 0.1) is 5.69 Å². The monoisotopic (exact) mass is 396 g/mol. The number of carbonyl (C=O) groups is 3. The molecule has 0 saturated carbocycles. The summed E-state index contributed by atoms with van der Waals surface area (Å²) in [5, 5.41) is 2.34. The van der Waals surface area contributed by atoms with Crippen molar-refractivity contribution in [3.8, 4) is 0 Å². The summed E-state index contributed by atoms with van der Waals surface area (Å²) >= 11 is 3.11. The first-order valence-corrected chi connectivity index (χ1v) is 7.73. The molecule has 0 fully saturated rings. The molecule has 0 aliphatic rings. The molecule has 2 rings (SSSR count). The summed E-state index contributed by atoms with van der Waals surface area (Å²) in [5.74, 6) is -2.29. The zero-order valence-electron chi connectivity index (χ0n) is 12.9. The van der Waals surface area contributed by atoms with Crippen molar-refractivity contribution in [2.24, 2.45) is 0 Å². The Labute approximate surface area is 145 Å². The minimum atomic E-state index is -1.15. The molecule has 1 atom stereocenters. The standard InChI is InChI=1S/C16H14BrFN2O4/c1-8(21)10-5-14(19-7-10)16(23)24-9(2)15(22)20-13-4-3-11(17)6-12(13)18/h3-7,9,19H,1-2H3,(H,20,22)/t9-/m1/s1. The van der Waals surface area contributed by atoms with Crippen molar-refractivity contribution in [1.29, 1.82) is 0 Å². The Morgan fingerprint density at radius 3 is 2.58 bits per heavy atom. The first kappa shape index (κ1) is 17.9. The maximum atomic E-state index is 13.7. The van der Waals surface area contributed by atoms with Crippen LogP contribution in [0.25, 0.3) is 0 Å². The molecule has 1 heterocycles. The maximum absolute atomic E-state index is 13.7. The van der Waals surface area contributed by atoms with Gasteiger partial charge in [-0.3, -0.25) is 9.59 Å². The third-order valence-electron chi connectivity index (χ3n) is 3.15. The molecule has 1 amide bonds. The topological polar surface area (TPSA) is 88.3 Å².